The summed E-state index contributed by atoms with van der Waals surface area (Å²) in [5.74, 6) is 0.959. The van der Waals surface area contributed by atoms with E-state index in [9.17, 15) is 0 Å². The van der Waals surface area contributed by atoms with Crippen molar-refractivity contribution in [3.8, 4) is 0 Å². The fraction of sp³-hybridized carbons (Fsp3) is 0.600. The summed E-state index contributed by atoms with van der Waals surface area (Å²) in [5.41, 5.74) is 2.24. The largest absolute Gasteiger partial charge is 0.357 e. The van der Waals surface area contributed by atoms with E-state index >= 15 is 0 Å². The van der Waals surface area contributed by atoms with Gasteiger partial charge in [-0.05, 0) is 31.9 Å². The van der Waals surface area contributed by atoms with E-state index in [-0.39, 0.29) is 24.0 Å². The van der Waals surface area contributed by atoms with Crippen molar-refractivity contribution in [2.45, 2.75) is 40.2 Å². The second-order valence-electron chi connectivity index (χ2n) is 4.71. The quantitative estimate of drug-likeness (QED) is 0.461. The number of hydrogen-bond donors (Lipinski definition) is 1. The van der Waals surface area contributed by atoms with Crippen LogP contribution in [0.25, 0.3) is 0 Å². The molecule has 0 aliphatic heterocycles. The molecular formula is C15H27IN4. The molecule has 0 spiro atoms. The number of pyridine rings is 1. The van der Waals surface area contributed by atoms with Gasteiger partial charge in [0.2, 0.25) is 0 Å². The molecule has 0 bridgehead atoms. The fourth-order valence-electron chi connectivity index (χ4n) is 1.80. The van der Waals surface area contributed by atoms with E-state index in [2.05, 4.69) is 54.1 Å². The lowest BCUT2D eigenvalue weighted by Gasteiger charge is -2.21. The monoisotopic (exact) mass is 390 g/mol. The fourth-order valence-corrected chi connectivity index (χ4v) is 1.80. The number of unbranched alkanes of at least 4 members (excludes halogenated alkanes) is 1. The van der Waals surface area contributed by atoms with E-state index in [4.69, 9.17) is 0 Å². The highest BCUT2D eigenvalue weighted by atomic mass is 127. The third kappa shape index (κ3) is 6.54. The normalized spacial score (nSPS) is 10.9. The number of nitrogens with zero attached hydrogens (tertiary/aromatic N) is 3. The SMILES string of the molecule is CCCCN(C)C(=NCc1ncccc1C)NCC.I. The first-order valence-corrected chi connectivity index (χ1v) is 7.09. The van der Waals surface area contributed by atoms with E-state index in [1.807, 2.05) is 12.3 Å². The molecule has 1 rings (SSSR count). The highest BCUT2D eigenvalue weighted by Crippen LogP contribution is 2.05. The molecular weight excluding hydrogens is 363 g/mol. The molecule has 5 heteroatoms. The van der Waals surface area contributed by atoms with Crippen molar-refractivity contribution in [3.05, 3.63) is 29.6 Å². The first-order chi connectivity index (χ1) is 9.19. The summed E-state index contributed by atoms with van der Waals surface area (Å²) in [6, 6.07) is 4.03. The van der Waals surface area contributed by atoms with Crippen molar-refractivity contribution in [2.24, 2.45) is 4.99 Å². The molecule has 0 saturated carbocycles. The summed E-state index contributed by atoms with van der Waals surface area (Å²) in [6.45, 7) is 8.92. The van der Waals surface area contributed by atoms with Gasteiger partial charge < -0.3 is 10.2 Å². The Labute approximate surface area is 140 Å². The molecule has 0 amide bonds. The van der Waals surface area contributed by atoms with Crippen molar-refractivity contribution >= 4 is 29.9 Å². The summed E-state index contributed by atoms with van der Waals surface area (Å²) in [4.78, 5) is 11.2. The van der Waals surface area contributed by atoms with Crippen LogP contribution in [0.2, 0.25) is 0 Å². The zero-order valence-corrected chi connectivity index (χ0v) is 15.3. The van der Waals surface area contributed by atoms with E-state index in [0.29, 0.717) is 6.54 Å². The molecule has 1 aromatic rings. The molecule has 4 nitrogen and oxygen atoms in total. The zero-order valence-electron chi connectivity index (χ0n) is 13.0. The highest BCUT2D eigenvalue weighted by molar-refractivity contribution is 14.0. The van der Waals surface area contributed by atoms with Crippen LogP contribution in [0.1, 0.15) is 37.9 Å². The molecule has 0 aliphatic rings. The molecule has 0 aromatic carbocycles. The zero-order chi connectivity index (χ0) is 14.1. The number of rotatable bonds is 6. The third-order valence-corrected chi connectivity index (χ3v) is 3.04. The Bertz CT molecular complexity index is 407. The summed E-state index contributed by atoms with van der Waals surface area (Å²) in [7, 11) is 2.09. The third-order valence-electron chi connectivity index (χ3n) is 3.04. The lowest BCUT2D eigenvalue weighted by Crippen LogP contribution is -2.39. The summed E-state index contributed by atoms with van der Waals surface area (Å²) < 4.78 is 0. The maximum Gasteiger partial charge on any atom is 0.194 e. The second kappa shape index (κ2) is 10.9. The lowest BCUT2D eigenvalue weighted by molar-refractivity contribution is 0.464. The number of halogens is 1. The second-order valence-corrected chi connectivity index (χ2v) is 4.71. The smallest absolute Gasteiger partial charge is 0.194 e. The van der Waals surface area contributed by atoms with Crippen molar-refractivity contribution in [1.82, 2.24) is 15.2 Å². The average Bonchev–Trinajstić information content (AvgIpc) is 2.42. The first kappa shape index (κ1) is 19.1. The van der Waals surface area contributed by atoms with E-state index in [1.54, 1.807) is 0 Å². The molecule has 0 aliphatic carbocycles. The molecule has 0 fully saturated rings. The van der Waals surface area contributed by atoms with Gasteiger partial charge in [-0.2, -0.15) is 0 Å². The maximum absolute atomic E-state index is 4.67. The van der Waals surface area contributed by atoms with Gasteiger partial charge in [0.1, 0.15) is 0 Å². The number of guanidine groups is 1. The minimum Gasteiger partial charge on any atom is -0.357 e. The number of aliphatic imine (C=N–C) groups is 1. The highest BCUT2D eigenvalue weighted by Gasteiger charge is 2.05. The van der Waals surface area contributed by atoms with Crippen LogP contribution < -0.4 is 5.32 Å². The van der Waals surface area contributed by atoms with Gasteiger partial charge in [0.05, 0.1) is 12.2 Å². The van der Waals surface area contributed by atoms with E-state index in [0.717, 1.165) is 24.7 Å². The van der Waals surface area contributed by atoms with Crippen molar-refractivity contribution in [1.29, 1.82) is 0 Å². The van der Waals surface area contributed by atoms with Crippen LogP contribution in [0.5, 0.6) is 0 Å². The number of aryl methyl sites for hydroxylation is 1. The number of nitrogens with one attached hydrogen (secondary N) is 1. The van der Waals surface area contributed by atoms with Crippen LogP contribution in [0.3, 0.4) is 0 Å². The van der Waals surface area contributed by atoms with Crippen molar-refractivity contribution in [3.63, 3.8) is 0 Å². The van der Waals surface area contributed by atoms with Gasteiger partial charge >= 0.3 is 0 Å². The molecule has 0 atom stereocenters. The molecule has 0 saturated heterocycles. The Kier molecular flexibility index (Phi) is 10.4. The van der Waals surface area contributed by atoms with Gasteiger partial charge in [-0.1, -0.05) is 19.4 Å². The van der Waals surface area contributed by atoms with E-state index < -0.39 is 0 Å². The summed E-state index contributed by atoms with van der Waals surface area (Å²) >= 11 is 0. The molecule has 1 aromatic heterocycles. The minimum atomic E-state index is 0. The van der Waals surface area contributed by atoms with Crippen LogP contribution >= 0.6 is 24.0 Å². The van der Waals surface area contributed by atoms with E-state index in [1.165, 1.54) is 18.4 Å². The molecule has 0 radical (unpaired) electrons. The van der Waals surface area contributed by atoms with Crippen LogP contribution in [0, 0.1) is 6.92 Å². The molecule has 20 heavy (non-hydrogen) atoms. The Hall–Kier alpha value is -0.850. The van der Waals surface area contributed by atoms with Gasteiger partial charge in [0.15, 0.2) is 5.96 Å². The Morgan fingerprint density at radius 2 is 2.15 bits per heavy atom. The Balaban J connectivity index is 0.00000361. The van der Waals surface area contributed by atoms with Crippen LogP contribution in [-0.4, -0.2) is 36.0 Å². The molecule has 114 valence electrons. The Morgan fingerprint density at radius 1 is 1.40 bits per heavy atom. The topological polar surface area (TPSA) is 40.5 Å². The minimum absolute atomic E-state index is 0. The van der Waals surface area contributed by atoms with Gasteiger partial charge in [-0.3, -0.25) is 4.98 Å². The van der Waals surface area contributed by atoms with Crippen LogP contribution in [-0.2, 0) is 6.54 Å². The summed E-state index contributed by atoms with van der Waals surface area (Å²) in [5, 5.41) is 3.33. The van der Waals surface area contributed by atoms with Gasteiger partial charge in [0, 0.05) is 26.3 Å². The predicted octanol–water partition coefficient (Wildman–Crippen LogP) is 3.21. The lowest BCUT2D eigenvalue weighted by atomic mass is 10.2. The van der Waals surface area contributed by atoms with Gasteiger partial charge in [-0.25, -0.2) is 4.99 Å². The Morgan fingerprint density at radius 3 is 2.75 bits per heavy atom. The molecule has 0 unspecified atom stereocenters. The average molecular weight is 390 g/mol. The van der Waals surface area contributed by atoms with Crippen molar-refractivity contribution in [2.75, 3.05) is 20.1 Å². The van der Waals surface area contributed by atoms with Crippen LogP contribution in [0.15, 0.2) is 23.3 Å². The number of aromatic nitrogens is 1. The van der Waals surface area contributed by atoms with Crippen LogP contribution in [0.4, 0.5) is 0 Å². The van der Waals surface area contributed by atoms with Gasteiger partial charge in [-0.15, -0.1) is 24.0 Å². The molecule has 1 heterocycles. The van der Waals surface area contributed by atoms with Crippen molar-refractivity contribution < 1.29 is 0 Å². The number of hydrogen-bond acceptors (Lipinski definition) is 2. The standard InChI is InChI=1S/C15H26N4.HI/c1-5-7-11-19(4)15(16-6-2)18-12-14-13(3)9-8-10-17-14;/h8-10H,5-7,11-12H2,1-4H3,(H,16,18);1H. The maximum atomic E-state index is 4.67. The predicted molar refractivity (Wildman–Crippen MR) is 96.7 cm³/mol. The summed E-state index contributed by atoms with van der Waals surface area (Å²) in [6.07, 6.45) is 4.21. The first-order valence-electron chi connectivity index (χ1n) is 7.09. The van der Waals surface area contributed by atoms with Gasteiger partial charge in [0.25, 0.3) is 0 Å². The molecule has 1 N–H and O–H groups in total.